The van der Waals surface area contributed by atoms with Crippen LogP contribution in [0.4, 0.5) is 16.2 Å². The Morgan fingerprint density at radius 2 is 1.73 bits per heavy atom. The van der Waals surface area contributed by atoms with Crippen LogP contribution in [0.5, 0.6) is 5.75 Å². The van der Waals surface area contributed by atoms with Crippen molar-refractivity contribution in [3.8, 4) is 5.75 Å². The van der Waals surface area contributed by atoms with Gasteiger partial charge in [0, 0.05) is 9.78 Å². The molecule has 0 spiro atoms. The van der Waals surface area contributed by atoms with Crippen molar-refractivity contribution in [1.82, 2.24) is 5.32 Å². The van der Waals surface area contributed by atoms with Gasteiger partial charge in [-0.25, -0.2) is 9.69 Å². The number of ether oxygens (including phenoxy) is 1. The molecule has 0 unspecified atom stereocenters. The van der Waals surface area contributed by atoms with Crippen LogP contribution in [0.25, 0.3) is 0 Å². The summed E-state index contributed by atoms with van der Waals surface area (Å²) in [5.74, 6) is -1.85. The van der Waals surface area contributed by atoms with Crippen LogP contribution >= 0.6 is 22.6 Å². The number of urea groups is 1. The highest BCUT2D eigenvalue weighted by atomic mass is 127. The van der Waals surface area contributed by atoms with Crippen LogP contribution in [0.2, 0.25) is 0 Å². The number of hydrogen-bond acceptors (Lipinski definition) is 5. The van der Waals surface area contributed by atoms with Crippen molar-refractivity contribution < 1.29 is 19.1 Å². The number of barbiturate groups is 1. The minimum Gasteiger partial charge on any atom is -0.497 e. The zero-order valence-electron chi connectivity index (χ0n) is 13.7. The van der Waals surface area contributed by atoms with E-state index in [9.17, 15) is 14.4 Å². The third-order valence-electron chi connectivity index (χ3n) is 3.73. The lowest BCUT2D eigenvalue weighted by Crippen LogP contribution is -2.58. The Labute approximate surface area is 163 Å². The summed E-state index contributed by atoms with van der Waals surface area (Å²) in [7, 11) is 1.56. The average molecular weight is 463 g/mol. The van der Waals surface area contributed by atoms with Gasteiger partial charge in [-0.2, -0.15) is 0 Å². The zero-order chi connectivity index (χ0) is 18.7. The lowest BCUT2D eigenvalue weighted by atomic mass is 10.1. The van der Waals surface area contributed by atoms with E-state index in [0.717, 1.165) is 8.47 Å². The van der Waals surface area contributed by atoms with Gasteiger partial charge in [0.25, 0.3) is 5.91 Å². The number of aliphatic imine (C=N–C) groups is 1. The molecule has 1 fully saturated rings. The zero-order valence-corrected chi connectivity index (χ0v) is 15.8. The summed E-state index contributed by atoms with van der Waals surface area (Å²) in [6.45, 7) is 0. The quantitative estimate of drug-likeness (QED) is 0.429. The fourth-order valence-electron chi connectivity index (χ4n) is 2.39. The molecule has 2 aromatic carbocycles. The number of nitrogens with one attached hydrogen (secondary N) is 1. The largest absolute Gasteiger partial charge is 0.497 e. The van der Waals surface area contributed by atoms with Crippen molar-refractivity contribution in [2.24, 2.45) is 10.9 Å². The molecule has 0 radical (unpaired) electrons. The highest BCUT2D eigenvalue weighted by molar-refractivity contribution is 14.1. The molecule has 26 heavy (non-hydrogen) atoms. The lowest BCUT2D eigenvalue weighted by Gasteiger charge is -2.28. The number of methoxy groups -OCH3 is 1. The van der Waals surface area contributed by atoms with Gasteiger partial charge < -0.3 is 4.74 Å². The molecule has 7 nitrogen and oxygen atoms in total. The minimum atomic E-state index is -1.19. The van der Waals surface area contributed by atoms with Gasteiger partial charge >= 0.3 is 6.03 Å². The van der Waals surface area contributed by atoms with E-state index < -0.39 is 23.8 Å². The maximum absolute atomic E-state index is 12.7. The SMILES string of the molecule is COc1ccc(N=C[C@H]2C(=O)NC(=O)N(c3ccc(I)cc3)C2=O)cc1. The third-order valence-corrected chi connectivity index (χ3v) is 4.45. The summed E-state index contributed by atoms with van der Waals surface area (Å²) >= 11 is 2.12. The molecular formula is C18H14IN3O4. The molecule has 3 rings (SSSR count). The number of benzene rings is 2. The summed E-state index contributed by atoms with van der Waals surface area (Å²) < 4.78 is 6.03. The van der Waals surface area contributed by atoms with Gasteiger partial charge in [-0.05, 0) is 71.1 Å². The van der Waals surface area contributed by atoms with Crippen molar-refractivity contribution in [2.45, 2.75) is 0 Å². The topological polar surface area (TPSA) is 88.1 Å². The van der Waals surface area contributed by atoms with Crippen LogP contribution in [-0.2, 0) is 9.59 Å². The molecule has 1 atom stereocenters. The number of carbonyl (C=O) groups excluding carboxylic acids is 3. The highest BCUT2D eigenvalue weighted by Crippen LogP contribution is 2.22. The van der Waals surface area contributed by atoms with Crippen molar-refractivity contribution in [3.05, 3.63) is 52.1 Å². The van der Waals surface area contributed by atoms with Crippen LogP contribution in [-0.4, -0.2) is 31.2 Å². The van der Waals surface area contributed by atoms with E-state index in [0.29, 0.717) is 17.1 Å². The van der Waals surface area contributed by atoms with E-state index in [1.54, 1.807) is 55.6 Å². The number of nitrogens with zero attached hydrogens (tertiary/aromatic N) is 2. The Bertz CT molecular complexity index is 878. The van der Waals surface area contributed by atoms with Crippen molar-refractivity contribution in [2.75, 3.05) is 12.0 Å². The van der Waals surface area contributed by atoms with Gasteiger partial charge in [-0.15, -0.1) is 0 Å². The van der Waals surface area contributed by atoms with E-state index in [1.807, 2.05) is 0 Å². The monoisotopic (exact) mass is 463 g/mol. The van der Waals surface area contributed by atoms with E-state index in [1.165, 1.54) is 6.21 Å². The molecule has 0 bridgehead atoms. The van der Waals surface area contributed by atoms with Gasteiger partial charge in [0.2, 0.25) is 5.91 Å². The molecule has 0 saturated carbocycles. The van der Waals surface area contributed by atoms with Crippen LogP contribution in [0.1, 0.15) is 0 Å². The smallest absolute Gasteiger partial charge is 0.335 e. The number of imide groups is 2. The van der Waals surface area contributed by atoms with Gasteiger partial charge in [0.1, 0.15) is 5.75 Å². The Hall–Kier alpha value is -2.75. The lowest BCUT2D eigenvalue weighted by molar-refractivity contribution is -0.131. The Morgan fingerprint density at radius 3 is 2.35 bits per heavy atom. The standard InChI is InChI=1S/C18H14IN3O4/c1-26-14-8-4-12(5-9-14)20-10-15-16(23)21-18(25)22(17(15)24)13-6-2-11(19)3-7-13/h2-10,15H,1H3,(H,21,23,25)/t15-/m0/s1. The van der Waals surface area contributed by atoms with Crippen LogP contribution in [0, 0.1) is 9.49 Å². The predicted octanol–water partition coefficient (Wildman–Crippen LogP) is 2.90. The van der Waals surface area contributed by atoms with Gasteiger partial charge in [0.05, 0.1) is 18.5 Å². The first-order chi connectivity index (χ1) is 12.5. The normalized spacial score (nSPS) is 17.5. The van der Waals surface area contributed by atoms with Gasteiger partial charge in [-0.1, -0.05) is 0 Å². The van der Waals surface area contributed by atoms with E-state index in [4.69, 9.17) is 4.74 Å². The number of anilines is 1. The maximum Gasteiger partial charge on any atom is 0.335 e. The molecule has 0 aliphatic carbocycles. The van der Waals surface area contributed by atoms with E-state index in [-0.39, 0.29) is 0 Å². The van der Waals surface area contributed by atoms with Crippen LogP contribution in [0.15, 0.2) is 53.5 Å². The molecule has 1 saturated heterocycles. The number of amides is 4. The minimum absolute atomic E-state index is 0.392. The van der Waals surface area contributed by atoms with Crippen LogP contribution < -0.4 is 15.0 Å². The number of carbonyl (C=O) groups is 3. The molecule has 1 N–H and O–H groups in total. The van der Waals surface area contributed by atoms with Crippen LogP contribution in [0.3, 0.4) is 0 Å². The summed E-state index contributed by atoms with van der Waals surface area (Å²) in [6, 6.07) is 12.9. The predicted molar refractivity (Wildman–Crippen MR) is 105 cm³/mol. The first-order valence-electron chi connectivity index (χ1n) is 7.62. The molecule has 1 aliphatic rings. The average Bonchev–Trinajstić information content (AvgIpc) is 2.63. The fraction of sp³-hybridized carbons (Fsp3) is 0.111. The number of halogens is 1. The molecule has 1 heterocycles. The van der Waals surface area contributed by atoms with Crippen molar-refractivity contribution in [1.29, 1.82) is 0 Å². The molecular weight excluding hydrogens is 449 g/mol. The second-order valence-corrected chi connectivity index (χ2v) is 6.64. The maximum atomic E-state index is 12.7. The summed E-state index contributed by atoms with van der Waals surface area (Å²) in [5, 5.41) is 2.19. The fourth-order valence-corrected chi connectivity index (χ4v) is 2.74. The highest BCUT2D eigenvalue weighted by Gasteiger charge is 2.40. The van der Waals surface area contributed by atoms with E-state index >= 15 is 0 Å². The Kier molecular flexibility index (Phi) is 5.31. The molecule has 132 valence electrons. The van der Waals surface area contributed by atoms with Gasteiger partial charge in [-0.3, -0.25) is 19.9 Å². The first kappa shape index (κ1) is 18.1. The molecule has 4 amide bonds. The molecule has 0 aromatic heterocycles. The Morgan fingerprint density at radius 1 is 1.08 bits per heavy atom. The first-order valence-corrected chi connectivity index (χ1v) is 8.70. The molecule has 1 aliphatic heterocycles. The van der Waals surface area contributed by atoms with Crippen molar-refractivity contribution in [3.63, 3.8) is 0 Å². The molecule has 2 aromatic rings. The van der Waals surface area contributed by atoms with Gasteiger partial charge in [0.15, 0.2) is 5.92 Å². The molecule has 8 heteroatoms. The second kappa shape index (κ2) is 7.65. The van der Waals surface area contributed by atoms with Crippen molar-refractivity contribution >= 4 is 58.0 Å². The summed E-state index contributed by atoms with van der Waals surface area (Å²) in [6.07, 6.45) is 1.24. The summed E-state index contributed by atoms with van der Waals surface area (Å²) in [4.78, 5) is 42.0. The van der Waals surface area contributed by atoms with E-state index in [2.05, 4.69) is 32.9 Å². The third kappa shape index (κ3) is 3.74. The number of rotatable bonds is 4. The summed E-state index contributed by atoms with van der Waals surface area (Å²) in [5.41, 5.74) is 0.951. The Balaban J connectivity index is 1.84. The second-order valence-electron chi connectivity index (χ2n) is 5.40. The number of hydrogen-bond donors (Lipinski definition) is 1.